The minimum absolute atomic E-state index is 0.250. The van der Waals surface area contributed by atoms with Crippen LogP contribution in [-0.4, -0.2) is 35.0 Å². The fourth-order valence-electron chi connectivity index (χ4n) is 2.21. The van der Waals surface area contributed by atoms with Crippen LogP contribution in [0.1, 0.15) is 10.4 Å². The van der Waals surface area contributed by atoms with Crippen molar-refractivity contribution >= 4 is 51.6 Å². The van der Waals surface area contributed by atoms with Crippen molar-refractivity contribution in [3.8, 4) is 11.3 Å². The van der Waals surface area contributed by atoms with E-state index >= 15 is 0 Å². The molecule has 0 radical (unpaired) electrons. The maximum atomic E-state index is 12.0. The van der Waals surface area contributed by atoms with E-state index in [2.05, 4.69) is 25.9 Å². The zero-order valence-electron chi connectivity index (χ0n) is 14.4. The largest absolute Gasteiger partial charge is 0.350 e. The predicted molar refractivity (Wildman–Crippen MR) is 111 cm³/mol. The van der Waals surface area contributed by atoms with Gasteiger partial charge in [0.2, 0.25) is 0 Å². The Morgan fingerprint density at radius 3 is 2.64 bits per heavy atom. The minimum atomic E-state index is -0.407. The van der Waals surface area contributed by atoms with Gasteiger partial charge in [-0.2, -0.15) is 0 Å². The van der Waals surface area contributed by atoms with Crippen molar-refractivity contribution in [3.63, 3.8) is 0 Å². The molecule has 1 aromatic carbocycles. The second-order valence-corrected chi connectivity index (χ2v) is 7.22. The first-order valence-corrected chi connectivity index (χ1v) is 9.80. The van der Waals surface area contributed by atoms with Crippen molar-refractivity contribution in [1.82, 2.24) is 20.6 Å². The average molecular weight is 436 g/mol. The van der Waals surface area contributed by atoms with E-state index in [0.29, 0.717) is 20.7 Å². The molecule has 3 N–H and O–H groups in total. The summed E-state index contributed by atoms with van der Waals surface area (Å²) in [6, 6.07) is 7.92. The number of nitrogens with one attached hydrogen (secondary N) is 3. The summed E-state index contributed by atoms with van der Waals surface area (Å²) in [5.41, 5.74) is 2.00. The third-order valence-electron chi connectivity index (χ3n) is 3.56. The number of carbonyl (C=O) groups excluding carboxylic acids is 2. The van der Waals surface area contributed by atoms with Crippen LogP contribution in [0.5, 0.6) is 0 Å². The highest BCUT2D eigenvalue weighted by atomic mass is 35.5. The van der Waals surface area contributed by atoms with Crippen LogP contribution in [0.25, 0.3) is 11.3 Å². The molecule has 7 nitrogen and oxygen atoms in total. The van der Waals surface area contributed by atoms with Gasteiger partial charge in [0.1, 0.15) is 0 Å². The molecular weight excluding hydrogens is 421 g/mol. The first-order chi connectivity index (χ1) is 13.5. The van der Waals surface area contributed by atoms with Gasteiger partial charge < -0.3 is 10.6 Å². The van der Waals surface area contributed by atoms with E-state index in [9.17, 15) is 9.59 Å². The SMILES string of the molecule is O=C(NCCNC(=O)c1ccc(Cl)c(Cl)c1)Nc1nc(-c2cccnc2)cs1. The Morgan fingerprint density at radius 2 is 1.89 bits per heavy atom. The van der Waals surface area contributed by atoms with E-state index in [4.69, 9.17) is 23.2 Å². The predicted octanol–water partition coefficient (Wildman–Crippen LogP) is 4.06. The van der Waals surface area contributed by atoms with E-state index in [1.807, 2.05) is 17.5 Å². The second-order valence-electron chi connectivity index (χ2n) is 5.55. The second kappa shape index (κ2) is 9.50. The van der Waals surface area contributed by atoms with E-state index < -0.39 is 6.03 Å². The van der Waals surface area contributed by atoms with E-state index in [1.54, 1.807) is 24.5 Å². The molecule has 3 aromatic rings. The van der Waals surface area contributed by atoms with Crippen molar-refractivity contribution < 1.29 is 9.59 Å². The number of benzene rings is 1. The summed E-state index contributed by atoms with van der Waals surface area (Å²) in [6.45, 7) is 0.505. The Kier molecular flexibility index (Phi) is 6.80. The summed E-state index contributed by atoms with van der Waals surface area (Å²) >= 11 is 13.0. The first kappa shape index (κ1) is 20.1. The highest BCUT2D eigenvalue weighted by molar-refractivity contribution is 7.14. The molecule has 0 spiro atoms. The average Bonchev–Trinajstić information content (AvgIpc) is 3.16. The molecule has 2 aromatic heterocycles. The van der Waals surface area contributed by atoms with Crippen LogP contribution < -0.4 is 16.0 Å². The quantitative estimate of drug-likeness (QED) is 0.508. The van der Waals surface area contributed by atoms with E-state index in [0.717, 1.165) is 11.3 Å². The summed E-state index contributed by atoms with van der Waals surface area (Å²) in [6.07, 6.45) is 3.39. The molecule has 28 heavy (non-hydrogen) atoms. The lowest BCUT2D eigenvalue weighted by Gasteiger charge is -2.08. The van der Waals surface area contributed by atoms with Gasteiger partial charge in [0, 0.05) is 42.0 Å². The maximum Gasteiger partial charge on any atom is 0.321 e. The molecule has 0 saturated heterocycles. The van der Waals surface area contributed by atoms with Crippen LogP contribution in [0.2, 0.25) is 10.0 Å². The summed E-state index contributed by atoms with van der Waals surface area (Å²) in [5.74, 6) is -0.304. The molecule has 0 saturated carbocycles. The van der Waals surface area contributed by atoms with Gasteiger partial charge in [0.15, 0.2) is 5.13 Å². The number of anilines is 1. The Bertz CT molecular complexity index is 981. The number of urea groups is 1. The monoisotopic (exact) mass is 435 g/mol. The molecule has 0 aliphatic heterocycles. The van der Waals surface area contributed by atoms with Crippen molar-refractivity contribution in [2.75, 3.05) is 18.4 Å². The lowest BCUT2D eigenvalue weighted by molar-refractivity contribution is 0.0954. The molecule has 0 bridgehead atoms. The summed E-state index contributed by atoms with van der Waals surface area (Å²) in [5, 5.41) is 11.0. The fraction of sp³-hybridized carbons (Fsp3) is 0.111. The van der Waals surface area contributed by atoms with Crippen molar-refractivity contribution in [1.29, 1.82) is 0 Å². The number of carbonyl (C=O) groups is 2. The minimum Gasteiger partial charge on any atom is -0.350 e. The van der Waals surface area contributed by atoms with Crippen LogP contribution in [-0.2, 0) is 0 Å². The van der Waals surface area contributed by atoms with E-state index in [-0.39, 0.29) is 19.0 Å². The van der Waals surface area contributed by atoms with Gasteiger partial charge in [0.25, 0.3) is 5.91 Å². The molecule has 2 heterocycles. The number of rotatable bonds is 6. The number of amides is 3. The van der Waals surface area contributed by atoms with Crippen molar-refractivity contribution in [3.05, 3.63) is 63.7 Å². The number of nitrogens with zero attached hydrogens (tertiary/aromatic N) is 2. The van der Waals surface area contributed by atoms with E-state index in [1.165, 1.54) is 17.4 Å². The topological polar surface area (TPSA) is 96.0 Å². The van der Waals surface area contributed by atoms with Crippen LogP contribution in [0, 0.1) is 0 Å². The first-order valence-electron chi connectivity index (χ1n) is 8.17. The van der Waals surface area contributed by atoms with Gasteiger partial charge in [0.05, 0.1) is 15.7 Å². The number of thiazole rings is 1. The van der Waals surface area contributed by atoms with Crippen LogP contribution in [0.15, 0.2) is 48.1 Å². The highest BCUT2D eigenvalue weighted by Gasteiger charge is 2.09. The summed E-state index contributed by atoms with van der Waals surface area (Å²) in [4.78, 5) is 32.4. The van der Waals surface area contributed by atoms with Gasteiger partial charge >= 0.3 is 6.03 Å². The molecule has 0 atom stereocenters. The number of pyridine rings is 1. The zero-order valence-corrected chi connectivity index (χ0v) is 16.7. The zero-order chi connectivity index (χ0) is 19.9. The van der Waals surface area contributed by atoms with Gasteiger partial charge in [-0.25, -0.2) is 9.78 Å². The molecule has 0 aliphatic rings. The number of hydrogen-bond donors (Lipinski definition) is 3. The molecule has 0 aliphatic carbocycles. The Labute approximate surface area is 175 Å². The molecule has 0 unspecified atom stereocenters. The Morgan fingerprint density at radius 1 is 1.07 bits per heavy atom. The van der Waals surface area contributed by atoms with Gasteiger partial charge in [-0.05, 0) is 30.3 Å². The van der Waals surface area contributed by atoms with Gasteiger partial charge in [-0.3, -0.25) is 15.1 Å². The molecule has 3 rings (SSSR count). The fourth-order valence-corrected chi connectivity index (χ4v) is 3.22. The maximum absolute atomic E-state index is 12.0. The van der Waals surface area contributed by atoms with Crippen LogP contribution in [0.3, 0.4) is 0 Å². The number of halogens is 2. The Balaban J connectivity index is 1.42. The number of hydrogen-bond acceptors (Lipinski definition) is 5. The number of aromatic nitrogens is 2. The lowest BCUT2D eigenvalue weighted by Crippen LogP contribution is -2.36. The lowest BCUT2D eigenvalue weighted by atomic mass is 10.2. The molecule has 144 valence electrons. The van der Waals surface area contributed by atoms with Crippen LogP contribution >= 0.6 is 34.5 Å². The normalized spacial score (nSPS) is 10.4. The summed E-state index contributed by atoms with van der Waals surface area (Å²) < 4.78 is 0. The smallest absolute Gasteiger partial charge is 0.321 e. The molecular formula is C18H15Cl2N5O2S. The standard InChI is InChI=1S/C18H15Cl2N5O2S/c19-13-4-3-11(8-14(13)20)16(26)22-6-7-23-17(27)25-18-24-15(10-28-18)12-2-1-5-21-9-12/h1-5,8-10H,6-7H2,(H,22,26)(H2,23,24,25,27). The third kappa shape index (κ3) is 5.41. The molecule has 10 heteroatoms. The van der Waals surface area contributed by atoms with Gasteiger partial charge in [-0.15, -0.1) is 11.3 Å². The third-order valence-corrected chi connectivity index (χ3v) is 5.06. The molecule has 3 amide bonds. The molecule has 0 fully saturated rings. The van der Waals surface area contributed by atoms with Gasteiger partial charge in [-0.1, -0.05) is 23.2 Å². The summed E-state index contributed by atoms with van der Waals surface area (Å²) in [7, 11) is 0. The highest BCUT2D eigenvalue weighted by Crippen LogP contribution is 2.24. The van der Waals surface area contributed by atoms with Crippen molar-refractivity contribution in [2.45, 2.75) is 0 Å². The van der Waals surface area contributed by atoms with Crippen LogP contribution in [0.4, 0.5) is 9.93 Å². The van der Waals surface area contributed by atoms with Crippen molar-refractivity contribution in [2.24, 2.45) is 0 Å². The Hall–Kier alpha value is -2.68.